The van der Waals surface area contributed by atoms with Crippen molar-refractivity contribution in [2.75, 3.05) is 0 Å². The number of nitrogens with zero attached hydrogens (tertiary/aromatic N) is 1. The number of rotatable bonds is 1. The normalized spacial score (nSPS) is 9.50. The lowest BCUT2D eigenvalue weighted by Crippen LogP contribution is -1.88. The Balaban J connectivity index is 0.000000980. The maximum absolute atomic E-state index is 10.8. The zero-order valence-electron chi connectivity index (χ0n) is 7.11. The van der Waals surface area contributed by atoms with Gasteiger partial charge in [0.2, 0.25) is 0 Å². The number of halogens is 2. The maximum atomic E-state index is 10.8. The lowest BCUT2D eigenvalue weighted by molar-refractivity contribution is 0.108. The fourth-order valence-electron chi connectivity index (χ4n) is 1.20. The molecule has 0 unspecified atom stereocenters. The lowest BCUT2D eigenvalue weighted by Gasteiger charge is -1.97. The molecule has 0 aliphatic carbocycles. The highest BCUT2D eigenvalue weighted by atomic mass is 35.5. The number of aromatic nitrogens is 1. The largest absolute Gasteiger partial charge is 0.276 e. The van der Waals surface area contributed by atoms with E-state index < -0.39 is 5.24 Å². The van der Waals surface area contributed by atoms with Crippen LogP contribution in [0.3, 0.4) is 0 Å². The zero-order valence-corrected chi connectivity index (χ0v) is 8.68. The number of fused-ring (bicyclic) bond motifs is 1. The first kappa shape index (κ1) is 11.0. The fourth-order valence-corrected chi connectivity index (χ4v) is 1.32. The molecular formula is C10H7Cl2NO. The fraction of sp³-hybridized carbons (Fsp3) is 0. The Morgan fingerprint density at radius 1 is 1.29 bits per heavy atom. The average molecular weight is 228 g/mol. The second kappa shape index (κ2) is 4.40. The van der Waals surface area contributed by atoms with Crippen LogP contribution >= 0.6 is 24.0 Å². The predicted octanol–water partition coefficient (Wildman–Crippen LogP) is 3.04. The van der Waals surface area contributed by atoms with Gasteiger partial charge in [0.05, 0.1) is 5.52 Å². The summed E-state index contributed by atoms with van der Waals surface area (Å²) < 4.78 is 0. The highest BCUT2D eigenvalue weighted by molar-refractivity contribution is 6.67. The quantitative estimate of drug-likeness (QED) is 0.702. The third-order valence-corrected chi connectivity index (χ3v) is 2.05. The molecule has 2 nitrogen and oxygen atoms in total. The Labute approximate surface area is 92.3 Å². The van der Waals surface area contributed by atoms with Gasteiger partial charge < -0.3 is 0 Å². The summed E-state index contributed by atoms with van der Waals surface area (Å²) >= 11 is 5.34. The van der Waals surface area contributed by atoms with Gasteiger partial charge in [-0.15, -0.1) is 12.4 Å². The molecule has 0 saturated carbocycles. The van der Waals surface area contributed by atoms with Crippen molar-refractivity contribution < 1.29 is 4.79 Å². The van der Waals surface area contributed by atoms with E-state index in [2.05, 4.69) is 4.98 Å². The molecule has 1 aromatic carbocycles. The van der Waals surface area contributed by atoms with Crippen LogP contribution in [0.4, 0.5) is 0 Å². The Morgan fingerprint density at radius 2 is 2.07 bits per heavy atom. The molecule has 72 valence electrons. The molecule has 0 aliphatic rings. The van der Waals surface area contributed by atoms with Gasteiger partial charge in [0, 0.05) is 17.1 Å². The summed E-state index contributed by atoms with van der Waals surface area (Å²) in [5.74, 6) is 0. The first-order chi connectivity index (χ1) is 6.27. The summed E-state index contributed by atoms with van der Waals surface area (Å²) in [7, 11) is 0. The van der Waals surface area contributed by atoms with Crippen LogP contribution in [0.5, 0.6) is 0 Å². The van der Waals surface area contributed by atoms with E-state index >= 15 is 0 Å². The summed E-state index contributed by atoms with van der Waals surface area (Å²) in [4.78, 5) is 15.0. The van der Waals surface area contributed by atoms with E-state index in [1.165, 1.54) is 0 Å². The van der Waals surface area contributed by atoms with Crippen molar-refractivity contribution in [3.63, 3.8) is 0 Å². The molecule has 1 heterocycles. The molecule has 0 radical (unpaired) electrons. The maximum Gasteiger partial charge on any atom is 0.252 e. The third-order valence-electron chi connectivity index (χ3n) is 1.83. The van der Waals surface area contributed by atoms with Crippen molar-refractivity contribution in [2.45, 2.75) is 0 Å². The Bertz CT molecular complexity index is 470. The number of carbonyl (C=O) groups is 1. The summed E-state index contributed by atoms with van der Waals surface area (Å²) in [6.07, 6.45) is 1.71. The summed E-state index contributed by atoms with van der Waals surface area (Å²) in [6, 6.07) is 8.91. The van der Waals surface area contributed by atoms with Gasteiger partial charge in [-0.1, -0.05) is 6.07 Å². The number of pyridine rings is 1. The topological polar surface area (TPSA) is 30.0 Å². The number of carbonyl (C=O) groups excluding carboxylic acids is 1. The molecule has 2 rings (SSSR count). The van der Waals surface area contributed by atoms with Crippen LogP contribution in [0.15, 0.2) is 36.5 Å². The Kier molecular flexibility index (Phi) is 3.44. The minimum absolute atomic E-state index is 0. The van der Waals surface area contributed by atoms with E-state index in [4.69, 9.17) is 11.6 Å². The first-order valence-corrected chi connectivity index (χ1v) is 4.20. The van der Waals surface area contributed by atoms with E-state index in [0.717, 1.165) is 10.9 Å². The molecule has 4 heteroatoms. The summed E-state index contributed by atoms with van der Waals surface area (Å²) in [5.41, 5.74) is 1.37. The number of benzene rings is 1. The molecule has 0 saturated heterocycles. The van der Waals surface area contributed by atoms with E-state index in [0.29, 0.717) is 5.56 Å². The van der Waals surface area contributed by atoms with E-state index in [-0.39, 0.29) is 12.4 Å². The van der Waals surface area contributed by atoms with Crippen LogP contribution in [-0.4, -0.2) is 10.2 Å². The smallest absolute Gasteiger partial charge is 0.252 e. The Hall–Kier alpha value is -1.12. The molecule has 0 fully saturated rings. The SMILES string of the molecule is Cl.O=C(Cl)c1ccc2ncccc2c1. The van der Waals surface area contributed by atoms with Crippen LogP contribution in [0, 0.1) is 0 Å². The third kappa shape index (κ3) is 2.03. The molecule has 0 amide bonds. The van der Waals surface area contributed by atoms with Gasteiger partial charge in [-0.3, -0.25) is 9.78 Å². The second-order valence-electron chi connectivity index (χ2n) is 2.68. The standard InChI is InChI=1S/C10H6ClNO.ClH/c11-10(13)8-3-4-9-7(6-8)2-1-5-12-9;/h1-6H;1H. The van der Waals surface area contributed by atoms with Crippen LogP contribution in [0.1, 0.15) is 10.4 Å². The number of hydrogen-bond donors (Lipinski definition) is 0. The average Bonchev–Trinajstić information content (AvgIpc) is 2.17. The van der Waals surface area contributed by atoms with Crippen molar-refractivity contribution in [3.8, 4) is 0 Å². The minimum Gasteiger partial charge on any atom is -0.276 e. The lowest BCUT2D eigenvalue weighted by atomic mass is 10.1. The minimum atomic E-state index is -0.439. The van der Waals surface area contributed by atoms with E-state index in [1.54, 1.807) is 24.4 Å². The highest BCUT2D eigenvalue weighted by Gasteiger charge is 2.01. The van der Waals surface area contributed by atoms with Crippen LogP contribution < -0.4 is 0 Å². The molecule has 0 atom stereocenters. The molecule has 1 aromatic heterocycles. The number of hydrogen-bond acceptors (Lipinski definition) is 2. The van der Waals surface area contributed by atoms with Crippen LogP contribution in [-0.2, 0) is 0 Å². The van der Waals surface area contributed by atoms with Gasteiger partial charge in [0.15, 0.2) is 0 Å². The zero-order chi connectivity index (χ0) is 9.26. The van der Waals surface area contributed by atoms with Gasteiger partial charge in [-0.2, -0.15) is 0 Å². The van der Waals surface area contributed by atoms with Gasteiger partial charge in [-0.25, -0.2) is 0 Å². The molecule has 0 N–H and O–H groups in total. The van der Waals surface area contributed by atoms with Gasteiger partial charge in [0.1, 0.15) is 0 Å². The van der Waals surface area contributed by atoms with E-state index in [1.807, 2.05) is 12.1 Å². The van der Waals surface area contributed by atoms with Crippen molar-refractivity contribution in [1.29, 1.82) is 0 Å². The molecule has 0 aliphatic heterocycles. The molecule has 0 bridgehead atoms. The van der Waals surface area contributed by atoms with Crippen molar-refractivity contribution >= 4 is 40.2 Å². The second-order valence-corrected chi connectivity index (χ2v) is 3.03. The van der Waals surface area contributed by atoms with Crippen molar-refractivity contribution in [3.05, 3.63) is 42.1 Å². The molecular weight excluding hydrogens is 221 g/mol. The molecule has 14 heavy (non-hydrogen) atoms. The van der Waals surface area contributed by atoms with Crippen LogP contribution in [0.25, 0.3) is 10.9 Å². The van der Waals surface area contributed by atoms with Gasteiger partial charge >= 0.3 is 0 Å². The highest BCUT2D eigenvalue weighted by Crippen LogP contribution is 2.14. The first-order valence-electron chi connectivity index (χ1n) is 3.82. The monoisotopic (exact) mass is 227 g/mol. The predicted molar refractivity (Wildman–Crippen MR) is 59.2 cm³/mol. The molecule has 2 aromatic rings. The summed E-state index contributed by atoms with van der Waals surface area (Å²) in [5, 5.41) is 0.486. The van der Waals surface area contributed by atoms with Crippen molar-refractivity contribution in [2.24, 2.45) is 0 Å². The van der Waals surface area contributed by atoms with Gasteiger partial charge in [0.25, 0.3) is 5.24 Å². The Morgan fingerprint density at radius 3 is 2.79 bits per heavy atom. The van der Waals surface area contributed by atoms with Crippen molar-refractivity contribution in [1.82, 2.24) is 4.98 Å². The van der Waals surface area contributed by atoms with Crippen LogP contribution in [0.2, 0.25) is 0 Å². The van der Waals surface area contributed by atoms with E-state index in [9.17, 15) is 4.79 Å². The molecule has 0 spiro atoms. The summed E-state index contributed by atoms with van der Waals surface area (Å²) in [6.45, 7) is 0. The van der Waals surface area contributed by atoms with Gasteiger partial charge in [-0.05, 0) is 35.9 Å².